The summed E-state index contributed by atoms with van der Waals surface area (Å²) in [6.07, 6.45) is 1.49. The van der Waals surface area contributed by atoms with Crippen LogP contribution in [0.25, 0.3) is 0 Å². The zero-order valence-corrected chi connectivity index (χ0v) is 19.9. The van der Waals surface area contributed by atoms with E-state index in [2.05, 4.69) is 10.6 Å². The number of ether oxygens (including phenoxy) is 2. The highest BCUT2D eigenvalue weighted by Gasteiger charge is 2.31. The lowest BCUT2D eigenvalue weighted by molar-refractivity contribution is -0.137. The lowest BCUT2D eigenvalue weighted by Crippen LogP contribution is -2.56. The number of benzene rings is 2. The first-order valence-corrected chi connectivity index (χ1v) is 11.7. The second-order valence-corrected chi connectivity index (χ2v) is 8.58. The van der Waals surface area contributed by atoms with E-state index in [1.165, 1.54) is 19.1 Å². The molecule has 2 aromatic carbocycles. The van der Waals surface area contributed by atoms with E-state index in [1.54, 1.807) is 13.2 Å². The van der Waals surface area contributed by atoms with Crippen molar-refractivity contribution in [2.75, 3.05) is 33.4 Å². The van der Waals surface area contributed by atoms with E-state index in [1.807, 2.05) is 35.2 Å². The van der Waals surface area contributed by atoms with Crippen LogP contribution in [0.4, 0.5) is 4.39 Å². The second kappa shape index (κ2) is 13.1. The van der Waals surface area contributed by atoms with Crippen LogP contribution in [0.3, 0.4) is 0 Å². The topological polar surface area (TPSA) is 79.9 Å². The normalized spacial score (nSPS) is 16.9. The van der Waals surface area contributed by atoms with Gasteiger partial charge in [-0.05, 0) is 36.1 Å². The Morgan fingerprint density at radius 1 is 1.21 bits per heavy atom. The SMILES string of the molecule is COCCCOc1cc(F)cc(C[C@@H](C[C@@H]2NCCN(Cc3ccccc3)C2=O)NC(C)=O)c1. The molecule has 2 aromatic rings. The van der Waals surface area contributed by atoms with Crippen molar-refractivity contribution in [3.05, 3.63) is 65.5 Å². The van der Waals surface area contributed by atoms with Gasteiger partial charge in [-0.1, -0.05) is 30.3 Å². The maximum Gasteiger partial charge on any atom is 0.240 e. The summed E-state index contributed by atoms with van der Waals surface area (Å²) in [5.74, 6) is -0.149. The van der Waals surface area contributed by atoms with Gasteiger partial charge in [0.1, 0.15) is 11.6 Å². The Bertz CT molecular complexity index is 941. The van der Waals surface area contributed by atoms with Gasteiger partial charge in [0, 0.05) is 58.8 Å². The van der Waals surface area contributed by atoms with Crippen LogP contribution in [-0.2, 0) is 27.3 Å². The summed E-state index contributed by atoms with van der Waals surface area (Å²) in [7, 11) is 1.62. The summed E-state index contributed by atoms with van der Waals surface area (Å²) in [6.45, 7) is 4.29. The molecule has 34 heavy (non-hydrogen) atoms. The fourth-order valence-electron chi connectivity index (χ4n) is 4.20. The average Bonchev–Trinajstić information content (AvgIpc) is 2.79. The Morgan fingerprint density at radius 3 is 2.74 bits per heavy atom. The minimum atomic E-state index is -0.423. The highest BCUT2D eigenvalue weighted by molar-refractivity contribution is 5.83. The van der Waals surface area contributed by atoms with Crippen LogP contribution in [0.2, 0.25) is 0 Å². The van der Waals surface area contributed by atoms with Gasteiger partial charge in [0.2, 0.25) is 11.8 Å². The van der Waals surface area contributed by atoms with Crippen molar-refractivity contribution in [1.29, 1.82) is 0 Å². The predicted octanol–water partition coefficient (Wildman–Crippen LogP) is 2.68. The summed E-state index contributed by atoms with van der Waals surface area (Å²) >= 11 is 0. The van der Waals surface area contributed by atoms with Crippen LogP contribution in [-0.4, -0.2) is 62.2 Å². The van der Waals surface area contributed by atoms with Crippen LogP contribution in [0.1, 0.15) is 30.9 Å². The van der Waals surface area contributed by atoms with Gasteiger partial charge in [0.15, 0.2) is 0 Å². The number of rotatable bonds is 12. The van der Waals surface area contributed by atoms with Gasteiger partial charge >= 0.3 is 0 Å². The minimum Gasteiger partial charge on any atom is -0.493 e. The molecule has 3 rings (SSSR count). The third-order valence-corrected chi connectivity index (χ3v) is 5.70. The molecule has 0 aromatic heterocycles. The number of piperazine rings is 1. The lowest BCUT2D eigenvalue weighted by atomic mass is 9.97. The van der Waals surface area contributed by atoms with Gasteiger partial charge in [-0.15, -0.1) is 0 Å². The van der Waals surface area contributed by atoms with Gasteiger partial charge in [-0.3, -0.25) is 9.59 Å². The Morgan fingerprint density at radius 2 is 2.00 bits per heavy atom. The minimum absolute atomic E-state index is 0.00635. The van der Waals surface area contributed by atoms with E-state index in [4.69, 9.17) is 9.47 Å². The highest BCUT2D eigenvalue weighted by atomic mass is 19.1. The molecule has 0 aliphatic carbocycles. The Hall–Kier alpha value is -2.97. The monoisotopic (exact) mass is 471 g/mol. The molecule has 0 bridgehead atoms. The van der Waals surface area contributed by atoms with E-state index in [9.17, 15) is 14.0 Å². The van der Waals surface area contributed by atoms with Gasteiger partial charge in [0.05, 0.1) is 12.6 Å². The molecule has 1 aliphatic heterocycles. The Labute approximate surface area is 200 Å². The molecule has 1 aliphatic rings. The van der Waals surface area contributed by atoms with E-state index in [0.29, 0.717) is 63.4 Å². The van der Waals surface area contributed by atoms with Crippen molar-refractivity contribution < 1.29 is 23.5 Å². The lowest BCUT2D eigenvalue weighted by Gasteiger charge is -2.35. The molecule has 2 amide bonds. The number of carbonyl (C=O) groups excluding carboxylic acids is 2. The average molecular weight is 472 g/mol. The molecule has 1 saturated heterocycles. The number of hydrogen-bond acceptors (Lipinski definition) is 5. The molecule has 2 atom stereocenters. The molecular weight excluding hydrogens is 437 g/mol. The quantitative estimate of drug-likeness (QED) is 0.466. The van der Waals surface area contributed by atoms with Crippen LogP contribution in [0.5, 0.6) is 5.75 Å². The molecular formula is C26H34FN3O4. The number of amides is 2. The van der Waals surface area contributed by atoms with Crippen molar-refractivity contribution in [2.45, 2.75) is 44.8 Å². The smallest absolute Gasteiger partial charge is 0.240 e. The number of carbonyl (C=O) groups is 2. The maximum atomic E-state index is 14.2. The molecule has 7 nitrogen and oxygen atoms in total. The molecule has 0 radical (unpaired) electrons. The number of nitrogens with one attached hydrogen (secondary N) is 2. The molecule has 0 spiro atoms. The van der Waals surface area contributed by atoms with Crippen molar-refractivity contribution in [3.63, 3.8) is 0 Å². The second-order valence-electron chi connectivity index (χ2n) is 8.58. The van der Waals surface area contributed by atoms with Crippen molar-refractivity contribution in [1.82, 2.24) is 15.5 Å². The first-order chi connectivity index (χ1) is 16.4. The third-order valence-electron chi connectivity index (χ3n) is 5.70. The first-order valence-electron chi connectivity index (χ1n) is 11.7. The summed E-state index contributed by atoms with van der Waals surface area (Å²) < 4.78 is 24.9. The van der Waals surface area contributed by atoms with Crippen LogP contribution in [0, 0.1) is 5.82 Å². The molecule has 0 saturated carbocycles. The van der Waals surface area contributed by atoms with E-state index in [0.717, 1.165) is 5.56 Å². The van der Waals surface area contributed by atoms with Crippen molar-refractivity contribution in [3.8, 4) is 5.75 Å². The third kappa shape index (κ3) is 8.11. The summed E-state index contributed by atoms with van der Waals surface area (Å²) in [5, 5.41) is 6.21. The number of halogens is 1. The fraction of sp³-hybridized carbons (Fsp3) is 0.462. The van der Waals surface area contributed by atoms with Gasteiger partial charge in [-0.2, -0.15) is 0 Å². The predicted molar refractivity (Wildman–Crippen MR) is 128 cm³/mol. The van der Waals surface area contributed by atoms with E-state index >= 15 is 0 Å². The summed E-state index contributed by atoms with van der Waals surface area (Å²) in [6, 6.07) is 13.7. The van der Waals surface area contributed by atoms with Gasteiger partial charge < -0.3 is 25.0 Å². The van der Waals surface area contributed by atoms with Crippen molar-refractivity contribution in [2.24, 2.45) is 0 Å². The number of nitrogens with zero attached hydrogens (tertiary/aromatic N) is 1. The Kier molecular flexibility index (Phi) is 9.85. The Balaban J connectivity index is 1.65. The molecule has 1 heterocycles. The largest absolute Gasteiger partial charge is 0.493 e. The molecule has 1 fully saturated rings. The van der Waals surface area contributed by atoms with Gasteiger partial charge in [-0.25, -0.2) is 4.39 Å². The first kappa shape index (κ1) is 25.6. The molecule has 2 N–H and O–H groups in total. The number of methoxy groups -OCH3 is 1. The maximum absolute atomic E-state index is 14.2. The molecule has 0 unspecified atom stereocenters. The van der Waals surface area contributed by atoms with Crippen LogP contribution >= 0.6 is 0 Å². The van der Waals surface area contributed by atoms with Gasteiger partial charge in [0.25, 0.3) is 0 Å². The molecule has 184 valence electrons. The fourth-order valence-corrected chi connectivity index (χ4v) is 4.20. The van der Waals surface area contributed by atoms with Crippen LogP contribution < -0.4 is 15.4 Å². The zero-order valence-electron chi connectivity index (χ0n) is 19.9. The van der Waals surface area contributed by atoms with Crippen molar-refractivity contribution >= 4 is 11.8 Å². The summed E-state index contributed by atoms with van der Waals surface area (Å²) in [4.78, 5) is 26.9. The van der Waals surface area contributed by atoms with E-state index in [-0.39, 0.29) is 17.9 Å². The standard InChI is InChI=1S/C26H34FN3O4/c1-19(31)29-23(14-21-13-22(27)16-24(15-21)34-12-6-11-33-2)17-25-26(32)30(10-9-28-25)18-20-7-4-3-5-8-20/h3-5,7-8,13,15-16,23,25,28H,6,9-12,14,17-18H2,1-2H3,(H,29,31)/t23-,25-/m0/s1. The van der Waals surface area contributed by atoms with E-state index < -0.39 is 11.9 Å². The number of hydrogen-bond donors (Lipinski definition) is 2. The molecule has 8 heteroatoms. The highest BCUT2D eigenvalue weighted by Crippen LogP contribution is 2.20. The van der Waals surface area contributed by atoms with Crippen LogP contribution in [0.15, 0.2) is 48.5 Å². The zero-order chi connectivity index (χ0) is 24.3. The summed E-state index contributed by atoms with van der Waals surface area (Å²) in [5.41, 5.74) is 1.78.